The summed E-state index contributed by atoms with van der Waals surface area (Å²) in [6.07, 6.45) is 5.30. The second-order valence-corrected chi connectivity index (χ2v) is 4.88. The fourth-order valence-corrected chi connectivity index (χ4v) is 2.18. The molecule has 3 aromatic heterocycles. The average molecular weight is 303 g/mol. The molecule has 0 aromatic carbocycles. The predicted molar refractivity (Wildman–Crippen MR) is 80.1 cm³/mol. The van der Waals surface area contributed by atoms with Gasteiger partial charge in [0, 0.05) is 18.9 Å². The lowest BCUT2D eigenvalue weighted by atomic mass is 10.2. The van der Waals surface area contributed by atoms with Crippen molar-refractivity contribution in [1.29, 1.82) is 0 Å². The van der Waals surface area contributed by atoms with Gasteiger partial charge in [-0.25, -0.2) is 15.0 Å². The first-order valence-corrected chi connectivity index (χ1v) is 7.47. The van der Waals surface area contributed by atoms with Crippen LogP contribution in [0.3, 0.4) is 0 Å². The Bertz CT molecular complexity index is 760. The van der Waals surface area contributed by atoms with E-state index in [0.717, 1.165) is 11.1 Å². The van der Waals surface area contributed by atoms with Gasteiger partial charge in [-0.15, -0.1) is 0 Å². The first-order valence-electron chi connectivity index (χ1n) is 6.25. The van der Waals surface area contributed by atoms with Gasteiger partial charge in [0.15, 0.2) is 10.8 Å². The Morgan fingerprint density at radius 2 is 2.24 bits per heavy atom. The fourth-order valence-electron chi connectivity index (χ4n) is 1.83. The highest BCUT2D eigenvalue weighted by atomic mass is 32.2. The number of hydrogen-bond donors (Lipinski definition) is 3. The predicted octanol–water partition coefficient (Wildman–Crippen LogP) is 0.936. The number of nitrogens with zero attached hydrogens (tertiary/aromatic N) is 5. The summed E-state index contributed by atoms with van der Waals surface area (Å²) in [6.45, 7) is 0.420. The number of aliphatic hydroxyl groups is 1. The van der Waals surface area contributed by atoms with Crippen LogP contribution in [0.25, 0.3) is 22.4 Å². The number of aliphatic hydroxyl groups excluding tert-OH is 1. The van der Waals surface area contributed by atoms with Gasteiger partial charge in [0.1, 0.15) is 5.69 Å². The quantitative estimate of drug-likeness (QED) is 0.471. The van der Waals surface area contributed by atoms with Crippen LogP contribution in [0, 0.1) is 0 Å². The van der Waals surface area contributed by atoms with Gasteiger partial charge in [0.25, 0.3) is 0 Å². The molecule has 0 saturated heterocycles. The minimum absolute atomic E-state index is 0.0218. The lowest BCUT2D eigenvalue weighted by Gasteiger charge is -2.02. The van der Waals surface area contributed by atoms with Crippen molar-refractivity contribution >= 4 is 28.7 Å². The Morgan fingerprint density at radius 1 is 1.33 bits per heavy atom. The zero-order chi connectivity index (χ0) is 14.7. The van der Waals surface area contributed by atoms with Gasteiger partial charge in [-0.1, -0.05) is 11.8 Å². The highest BCUT2D eigenvalue weighted by Crippen LogP contribution is 2.24. The number of anilines is 1. The second kappa shape index (κ2) is 6.02. The van der Waals surface area contributed by atoms with Crippen molar-refractivity contribution in [3.05, 3.63) is 18.5 Å². The molecule has 3 N–H and O–H groups in total. The molecule has 3 aromatic rings. The molecule has 9 heteroatoms. The van der Waals surface area contributed by atoms with Crippen molar-refractivity contribution < 1.29 is 5.11 Å². The maximum absolute atomic E-state index is 8.79. The SMILES string of the molecule is CSc1nccc(-c2n[nH]c3nc(NCCO)ncc23)n1. The van der Waals surface area contributed by atoms with Crippen molar-refractivity contribution in [2.45, 2.75) is 5.16 Å². The van der Waals surface area contributed by atoms with Crippen LogP contribution in [0.1, 0.15) is 0 Å². The molecule has 0 saturated carbocycles. The summed E-state index contributed by atoms with van der Waals surface area (Å²) >= 11 is 1.47. The summed E-state index contributed by atoms with van der Waals surface area (Å²) in [5.74, 6) is 0.444. The zero-order valence-corrected chi connectivity index (χ0v) is 12.1. The molecule has 0 aliphatic carbocycles. The Morgan fingerprint density at radius 3 is 3.05 bits per heavy atom. The van der Waals surface area contributed by atoms with E-state index in [1.807, 2.05) is 6.26 Å². The van der Waals surface area contributed by atoms with Gasteiger partial charge >= 0.3 is 0 Å². The Kier molecular flexibility index (Phi) is 3.93. The summed E-state index contributed by atoms with van der Waals surface area (Å²) in [4.78, 5) is 17.1. The van der Waals surface area contributed by atoms with Gasteiger partial charge < -0.3 is 10.4 Å². The highest BCUT2D eigenvalue weighted by molar-refractivity contribution is 7.98. The molecule has 0 radical (unpaired) electrons. The third kappa shape index (κ3) is 2.78. The van der Waals surface area contributed by atoms with Crippen molar-refractivity contribution in [2.75, 3.05) is 24.7 Å². The molecule has 8 nitrogen and oxygen atoms in total. The van der Waals surface area contributed by atoms with Gasteiger partial charge in [-0.05, 0) is 12.3 Å². The summed E-state index contributed by atoms with van der Waals surface area (Å²) < 4.78 is 0. The smallest absolute Gasteiger partial charge is 0.224 e. The topological polar surface area (TPSA) is 112 Å². The molecule has 0 aliphatic heterocycles. The number of aromatic amines is 1. The molecule has 108 valence electrons. The van der Waals surface area contributed by atoms with Gasteiger partial charge in [0.2, 0.25) is 5.95 Å². The average Bonchev–Trinajstić information content (AvgIpc) is 2.96. The van der Waals surface area contributed by atoms with Crippen LogP contribution in [0.4, 0.5) is 5.95 Å². The molecule has 0 aliphatic rings. The number of nitrogens with one attached hydrogen (secondary N) is 2. The zero-order valence-electron chi connectivity index (χ0n) is 11.2. The molecule has 0 unspecified atom stereocenters. The van der Waals surface area contributed by atoms with Crippen LogP contribution < -0.4 is 5.32 Å². The minimum Gasteiger partial charge on any atom is -0.395 e. The molecule has 0 amide bonds. The molecule has 0 spiro atoms. The maximum Gasteiger partial charge on any atom is 0.224 e. The van der Waals surface area contributed by atoms with Crippen LogP contribution in [-0.2, 0) is 0 Å². The van der Waals surface area contributed by atoms with E-state index in [1.165, 1.54) is 11.8 Å². The van der Waals surface area contributed by atoms with Crippen LogP contribution >= 0.6 is 11.8 Å². The van der Waals surface area contributed by atoms with E-state index in [2.05, 4.69) is 35.5 Å². The molecule has 3 rings (SSSR count). The number of fused-ring (bicyclic) bond motifs is 1. The Balaban J connectivity index is 1.99. The third-order valence-corrected chi connectivity index (χ3v) is 3.33. The van der Waals surface area contributed by atoms with Crippen LogP contribution in [0.5, 0.6) is 0 Å². The number of H-pyrrole nitrogens is 1. The molecule has 0 fully saturated rings. The van der Waals surface area contributed by atoms with Gasteiger partial charge in [-0.2, -0.15) is 10.1 Å². The van der Waals surface area contributed by atoms with Gasteiger partial charge in [-0.3, -0.25) is 5.10 Å². The molecule has 21 heavy (non-hydrogen) atoms. The first-order chi connectivity index (χ1) is 10.3. The summed E-state index contributed by atoms with van der Waals surface area (Å²) in [5.41, 5.74) is 2.03. The van der Waals surface area contributed by atoms with E-state index in [9.17, 15) is 0 Å². The summed E-state index contributed by atoms with van der Waals surface area (Å²) in [7, 11) is 0. The Labute approximate surface area is 124 Å². The molecule has 0 bridgehead atoms. The molecular weight excluding hydrogens is 290 g/mol. The number of aromatic nitrogens is 6. The Hall–Kier alpha value is -2.26. The van der Waals surface area contributed by atoms with Crippen molar-refractivity contribution in [3.63, 3.8) is 0 Å². The van der Waals surface area contributed by atoms with Gasteiger partial charge in [0.05, 0.1) is 17.7 Å². The van der Waals surface area contributed by atoms with E-state index in [1.54, 1.807) is 18.5 Å². The van der Waals surface area contributed by atoms with E-state index in [-0.39, 0.29) is 6.61 Å². The van der Waals surface area contributed by atoms with Crippen molar-refractivity contribution in [1.82, 2.24) is 30.1 Å². The largest absolute Gasteiger partial charge is 0.395 e. The number of rotatable bonds is 5. The molecule has 0 atom stereocenters. The van der Waals surface area contributed by atoms with E-state index < -0.39 is 0 Å². The lowest BCUT2D eigenvalue weighted by Crippen LogP contribution is -2.08. The standard InChI is InChI=1S/C12H13N7OS/c1-21-12-14-3-2-8(16-12)9-7-6-15-11(13-4-5-20)17-10(7)19-18-9/h2-3,6,20H,4-5H2,1H3,(H2,13,15,17,18,19). The lowest BCUT2D eigenvalue weighted by molar-refractivity contribution is 0.311. The summed E-state index contributed by atoms with van der Waals surface area (Å²) in [5, 5.41) is 20.3. The van der Waals surface area contributed by atoms with Crippen molar-refractivity contribution in [3.8, 4) is 11.4 Å². The maximum atomic E-state index is 8.79. The number of hydrogen-bond acceptors (Lipinski definition) is 8. The van der Waals surface area contributed by atoms with Crippen LogP contribution in [0.15, 0.2) is 23.6 Å². The first kappa shape index (κ1) is 13.7. The molecular formula is C12H13N7OS. The van der Waals surface area contributed by atoms with E-state index >= 15 is 0 Å². The minimum atomic E-state index is 0.0218. The summed E-state index contributed by atoms with van der Waals surface area (Å²) in [6, 6.07) is 1.80. The highest BCUT2D eigenvalue weighted by Gasteiger charge is 2.12. The monoisotopic (exact) mass is 303 g/mol. The molecule has 3 heterocycles. The van der Waals surface area contributed by atoms with E-state index in [4.69, 9.17) is 5.11 Å². The number of thioether (sulfide) groups is 1. The van der Waals surface area contributed by atoms with Crippen LogP contribution in [0.2, 0.25) is 0 Å². The second-order valence-electron chi connectivity index (χ2n) is 4.11. The third-order valence-electron chi connectivity index (χ3n) is 2.77. The fraction of sp³-hybridized carbons (Fsp3) is 0.250. The normalized spacial score (nSPS) is 11.0. The van der Waals surface area contributed by atoms with Crippen molar-refractivity contribution in [2.24, 2.45) is 0 Å². The van der Waals surface area contributed by atoms with Crippen LogP contribution in [-0.4, -0.2) is 54.6 Å². The van der Waals surface area contributed by atoms with E-state index in [0.29, 0.717) is 29.0 Å².